The number of ether oxygens (including phenoxy) is 1. The van der Waals surface area contributed by atoms with Gasteiger partial charge in [-0.3, -0.25) is 4.79 Å². The molecule has 0 spiro atoms. The number of hydrogen-bond acceptors (Lipinski definition) is 3. The van der Waals surface area contributed by atoms with Gasteiger partial charge < -0.3 is 15.2 Å². The number of amides is 1. The van der Waals surface area contributed by atoms with E-state index in [0.717, 1.165) is 12.8 Å². The van der Waals surface area contributed by atoms with Crippen LogP contribution in [-0.4, -0.2) is 29.2 Å². The fourth-order valence-corrected chi connectivity index (χ4v) is 2.56. The SMILES string of the molecule is C[C@@H]1CC[C@@H](CCC(=O)N[C@@H](C(=O)O)c2ccccc2)O1. The summed E-state index contributed by atoms with van der Waals surface area (Å²) in [6.45, 7) is 2.02. The first-order valence-corrected chi connectivity index (χ1v) is 7.29. The van der Waals surface area contributed by atoms with E-state index in [2.05, 4.69) is 5.32 Å². The third kappa shape index (κ3) is 4.56. The number of aliphatic carboxylic acids is 1. The number of benzene rings is 1. The Morgan fingerprint density at radius 1 is 1.33 bits per heavy atom. The molecule has 5 nitrogen and oxygen atoms in total. The number of hydrogen-bond donors (Lipinski definition) is 2. The first-order chi connectivity index (χ1) is 10.1. The molecular weight excluding hydrogens is 270 g/mol. The van der Waals surface area contributed by atoms with Crippen molar-refractivity contribution in [1.29, 1.82) is 0 Å². The summed E-state index contributed by atoms with van der Waals surface area (Å²) in [7, 11) is 0. The molecule has 1 aromatic carbocycles. The van der Waals surface area contributed by atoms with Crippen LogP contribution in [0.2, 0.25) is 0 Å². The second-order valence-electron chi connectivity index (χ2n) is 5.43. The van der Waals surface area contributed by atoms with Crippen LogP contribution < -0.4 is 5.32 Å². The van der Waals surface area contributed by atoms with Crippen molar-refractivity contribution in [2.45, 2.75) is 50.9 Å². The summed E-state index contributed by atoms with van der Waals surface area (Å²) in [5.41, 5.74) is 0.573. The second-order valence-corrected chi connectivity index (χ2v) is 5.43. The Kier molecular flexibility index (Phi) is 5.33. The van der Waals surface area contributed by atoms with E-state index < -0.39 is 12.0 Å². The van der Waals surface area contributed by atoms with Gasteiger partial charge in [0.15, 0.2) is 6.04 Å². The van der Waals surface area contributed by atoms with Crippen molar-refractivity contribution in [3.05, 3.63) is 35.9 Å². The van der Waals surface area contributed by atoms with Crippen LogP contribution >= 0.6 is 0 Å². The molecule has 0 aromatic heterocycles. The van der Waals surface area contributed by atoms with Gasteiger partial charge in [-0.25, -0.2) is 4.79 Å². The van der Waals surface area contributed by atoms with Crippen LogP contribution in [0.5, 0.6) is 0 Å². The molecule has 1 aliphatic rings. The normalized spacial score (nSPS) is 22.7. The lowest BCUT2D eigenvalue weighted by Crippen LogP contribution is -2.34. The Balaban J connectivity index is 1.86. The average molecular weight is 291 g/mol. The van der Waals surface area contributed by atoms with Crippen molar-refractivity contribution >= 4 is 11.9 Å². The molecule has 0 bridgehead atoms. The Bertz CT molecular complexity index is 488. The zero-order valence-corrected chi connectivity index (χ0v) is 12.1. The molecule has 21 heavy (non-hydrogen) atoms. The van der Waals surface area contributed by atoms with Crippen molar-refractivity contribution in [3.8, 4) is 0 Å². The second kappa shape index (κ2) is 7.22. The van der Waals surface area contributed by atoms with E-state index in [4.69, 9.17) is 4.74 Å². The van der Waals surface area contributed by atoms with Crippen LogP contribution in [0, 0.1) is 0 Å². The van der Waals surface area contributed by atoms with Gasteiger partial charge in [-0.1, -0.05) is 30.3 Å². The highest BCUT2D eigenvalue weighted by Crippen LogP contribution is 2.22. The van der Waals surface area contributed by atoms with Crippen molar-refractivity contribution in [3.63, 3.8) is 0 Å². The van der Waals surface area contributed by atoms with Gasteiger partial charge in [-0.15, -0.1) is 0 Å². The van der Waals surface area contributed by atoms with Crippen LogP contribution in [-0.2, 0) is 14.3 Å². The predicted molar refractivity (Wildman–Crippen MR) is 77.8 cm³/mol. The number of rotatable bonds is 6. The maximum atomic E-state index is 11.9. The third-order valence-corrected chi connectivity index (χ3v) is 3.70. The molecule has 1 heterocycles. The average Bonchev–Trinajstić information content (AvgIpc) is 2.89. The molecule has 0 saturated carbocycles. The van der Waals surface area contributed by atoms with Crippen molar-refractivity contribution in [1.82, 2.24) is 5.32 Å². The van der Waals surface area contributed by atoms with E-state index in [0.29, 0.717) is 12.0 Å². The highest BCUT2D eigenvalue weighted by molar-refractivity contribution is 5.84. The smallest absolute Gasteiger partial charge is 0.330 e. The Morgan fingerprint density at radius 3 is 2.62 bits per heavy atom. The van der Waals surface area contributed by atoms with E-state index in [-0.39, 0.29) is 24.5 Å². The standard InChI is InChI=1S/C16H21NO4/c1-11-7-8-13(21-11)9-10-14(18)17-15(16(19)20)12-5-3-2-4-6-12/h2-6,11,13,15H,7-10H2,1H3,(H,17,18)(H,19,20)/t11-,13+,15-/m1/s1. The molecule has 114 valence electrons. The van der Waals surface area contributed by atoms with E-state index >= 15 is 0 Å². The lowest BCUT2D eigenvalue weighted by Gasteiger charge is -2.16. The summed E-state index contributed by atoms with van der Waals surface area (Å²) in [6, 6.07) is 7.71. The summed E-state index contributed by atoms with van der Waals surface area (Å²) in [5, 5.41) is 11.8. The first-order valence-electron chi connectivity index (χ1n) is 7.29. The summed E-state index contributed by atoms with van der Waals surface area (Å²) >= 11 is 0. The summed E-state index contributed by atoms with van der Waals surface area (Å²) in [6.07, 6.45) is 3.29. The quantitative estimate of drug-likeness (QED) is 0.843. The summed E-state index contributed by atoms with van der Waals surface area (Å²) in [4.78, 5) is 23.2. The van der Waals surface area contributed by atoms with Crippen LogP contribution in [0.15, 0.2) is 30.3 Å². The van der Waals surface area contributed by atoms with Crippen molar-refractivity contribution in [2.24, 2.45) is 0 Å². The van der Waals surface area contributed by atoms with Gasteiger partial charge in [0.05, 0.1) is 12.2 Å². The molecule has 1 amide bonds. The van der Waals surface area contributed by atoms with Gasteiger partial charge in [0.25, 0.3) is 0 Å². The number of carbonyl (C=O) groups excluding carboxylic acids is 1. The number of carboxylic acid groups (broad SMARTS) is 1. The Morgan fingerprint density at radius 2 is 2.05 bits per heavy atom. The molecule has 2 N–H and O–H groups in total. The van der Waals surface area contributed by atoms with Crippen molar-refractivity contribution in [2.75, 3.05) is 0 Å². The minimum Gasteiger partial charge on any atom is -0.479 e. The highest BCUT2D eigenvalue weighted by Gasteiger charge is 2.25. The molecular formula is C16H21NO4. The molecule has 2 rings (SSSR count). The van der Waals surface area contributed by atoms with E-state index in [1.54, 1.807) is 24.3 Å². The lowest BCUT2D eigenvalue weighted by atomic mass is 10.1. The molecule has 3 atom stereocenters. The predicted octanol–water partition coefficient (Wildman–Crippen LogP) is 2.28. The van der Waals surface area contributed by atoms with Crippen LogP contribution in [0.1, 0.15) is 44.2 Å². The molecule has 1 fully saturated rings. The molecule has 0 unspecified atom stereocenters. The highest BCUT2D eigenvalue weighted by atomic mass is 16.5. The van der Waals surface area contributed by atoms with Gasteiger partial charge >= 0.3 is 5.97 Å². The lowest BCUT2D eigenvalue weighted by molar-refractivity contribution is -0.142. The molecule has 5 heteroatoms. The summed E-state index contributed by atoms with van der Waals surface area (Å²) < 4.78 is 5.65. The molecule has 1 aliphatic heterocycles. The minimum atomic E-state index is -1.06. The third-order valence-electron chi connectivity index (χ3n) is 3.70. The molecule has 0 aliphatic carbocycles. The van der Waals surface area contributed by atoms with Crippen LogP contribution in [0.4, 0.5) is 0 Å². The monoisotopic (exact) mass is 291 g/mol. The fourth-order valence-electron chi connectivity index (χ4n) is 2.56. The first kappa shape index (κ1) is 15.5. The Labute approximate surface area is 124 Å². The van der Waals surface area contributed by atoms with Gasteiger partial charge in [-0.2, -0.15) is 0 Å². The topological polar surface area (TPSA) is 75.6 Å². The van der Waals surface area contributed by atoms with Crippen molar-refractivity contribution < 1.29 is 19.4 Å². The summed E-state index contributed by atoms with van der Waals surface area (Å²) in [5.74, 6) is -1.31. The molecule has 0 radical (unpaired) electrons. The molecule has 1 aromatic rings. The Hall–Kier alpha value is -1.88. The number of carbonyl (C=O) groups is 2. The van der Waals surface area contributed by atoms with Gasteiger partial charge in [-0.05, 0) is 31.7 Å². The maximum absolute atomic E-state index is 11.9. The zero-order valence-electron chi connectivity index (χ0n) is 12.1. The van der Waals surface area contributed by atoms with E-state index in [9.17, 15) is 14.7 Å². The fraction of sp³-hybridized carbons (Fsp3) is 0.500. The minimum absolute atomic E-state index is 0.116. The number of nitrogens with one attached hydrogen (secondary N) is 1. The van der Waals surface area contributed by atoms with Gasteiger partial charge in [0.1, 0.15) is 0 Å². The molecule has 1 saturated heterocycles. The van der Waals surface area contributed by atoms with E-state index in [1.165, 1.54) is 0 Å². The number of carboxylic acids is 1. The van der Waals surface area contributed by atoms with Gasteiger partial charge in [0, 0.05) is 6.42 Å². The zero-order chi connectivity index (χ0) is 15.2. The van der Waals surface area contributed by atoms with E-state index in [1.807, 2.05) is 13.0 Å². The van der Waals surface area contributed by atoms with Crippen LogP contribution in [0.25, 0.3) is 0 Å². The maximum Gasteiger partial charge on any atom is 0.330 e. The largest absolute Gasteiger partial charge is 0.479 e. The van der Waals surface area contributed by atoms with Gasteiger partial charge in [0.2, 0.25) is 5.91 Å². The van der Waals surface area contributed by atoms with Crippen LogP contribution in [0.3, 0.4) is 0 Å².